The van der Waals surface area contributed by atoms with Crippen LogP contribution in [0.1, 0.15) is 29.5 Å². The number of benzene rings is 2. The lowest BCUT2D eigenvalue weighted by atomic mass is 9.89. The fourth-order valence-electron chi connectivity index (χ4n) is 2.78. The van der Waals surface area contributed by atoms with Crippen LogP contribution >= 0.6 is 0 Å². The van der Waals surface area contributed by atoms with E-state index in [1.807, 2.05) is 0 Å². The van der Waals surface area contributed by atoms with Gasteiger partial charge in [0.25, 0.3) is 0 Å². The quantitative estimate of drug-likeness (QED) is 0.792. The van der Waals surface area contributed by atoms with E-state index in [-0.39, 0.29) is 16.2 Å². The fourth-order valence-corrected chi connectivity index (χ4v) is 3.76. The summed E-state index contributed by atoms with van der Waals surface area (Å²) in [7, 11) is -4.10. The summed E-state index contributed by atoms with van der Waals surface area (Å²) in [5.74, 6) is -1.43. The number of oxime groups is 1. The number of halogens is 2. The van der Waals surface area contributed by atoms with Crippen LogP contribution in [0, 0.1) is 18.6 Å². The highest BCUT2D eigenvalue weighted by Crippen LogP contribution is 2.26. The zero-order valence-corrected chi connectivity index (χ0v) is 13.7. The Kier molecular flexibility index (Phi) is 4.36. The molecule has 0 saturated heterocycles. The van der Waals surface area contributed by atoms with Crippen molar-refractivity contribution < 1.29 is 21.5 Å². The molecule has 4 nitrogen and oxygen atoms in total. The van der Waals surface area contributed by atoms with E-state index in [0.717, 1.165) is 6.07 Å². The van der Waals surface area contributed by atoms with E-state index >= 15 is 0 Å². The number of fused-ring (bicyclic) bond motifs is 1. The molecule has 0 radical (unpaired) electrons. The Morgan fingerprint density at radius 1 is 1.12 bits per heavy atom. The van der Waals surface area contributed by atoms with Gasteiger partial charge in [-0.3, -0.25) is 4.28 Å². The summed E-state index contributed by atoms with van der Waals surface area (Å²) in [5, 5.41) is 3.67. The minimum absolute atomic E-state index is 0.00459. The van der Waals surface area contributed by atoms with Gasteiger partial charge in [0.1, 0.15) is 16.5 Å². The molecule has 7 heteroatoms. The van der Waals surface area contributed by atoms with Gasteiger partial charge in [0.2, 0.25) is 0 Å². The van der Waals surface area contributed by atoms with Gasteiger partial charge in [0.15, 0.2) is 0 Å². The fraction of sp³-hybridized carbons (Fsp3) is 0.235. The lowest BCUT2D eigenvalue weighted by Crippen LogP contribution is -2.16. The van der Waals surface area contributed by atoms with Gasteiger partial charge < -0.3 is 0 Å². The van der Waals surface area contributed by atoms with Crippen LogP contribution in [0.4, 0.5) is 8.78 Å². The SMILES string of the molecule is Cc1ccccc1S(=O)(=O)ON=C1CCCc2cc(F)cc(F)c21. The molecule has 0 unspecified atom stereocenters. The average Bonchev–Trinajstić information content (AvgIpc) is 2.52. The summed E-state index contributed by atoms with van der Waals surface area (Å²) >= 11 is 0. The Labute approximate surface area is 138 Å². The maximum atomic E-state index is 14.1. The lowest BCUT2D eigenvalue weighted by Gasteiger charge is -2.18. The number of aryl methyl sites for hydroxylation is 2. The van der Waals surface area contributed by atoms with Crippen LogP contribution in [-0.4, -0.2) is 14.1 Å². The van der Waals surface area contributed by atoms with Gasteiger partial charge in [-0.25, -0.2) is 8.78 Å². The molecule has 0 amide bonds. The second kappa shape index (κ2) is 6.32. The average molecular weight is 351 g/mol. The molecule has 24 heavy (non-hydrogen) atoms. The molecule has 3 rings (SSSR count). The molecule has 0 fully saturated rings. The summed E-state index contributed by atoms with van der Waals surface area (Å²) < 4.78 is 56.7. The van der Waals surface area contributed by atoms with Gasteiger partial charge in [-0.1, -0.05) is 23.4 Å². The summed E-state index contributed by atoms with van der Waals surface area (Å²) in [6.07, 6.45) is 1.48. The van der Waals surface area contributed by atoms with Crippen molar-refractivity contribution >= 4 is 15.8 Å². The molecule has 2 aromatic rings. The van der Waals surface area contributed by atoms with Crippen molar-refractivity contribution in [2.75, 3.05) is 0 Å². The number of nitrogens with zero attached hydrogens (tertiary/aromatic N) is 1. The van der Waals surface area contributed by atoms with Crippen molar-refractivity contribution in [1.82, 2.24) is 0 Å². The first kappa shape index (κ1) is 16.6. The first-order valence-corrected chi connectivity index (χ1v) is 8.84. The van der Waals surface area contributed by atoms with Crippen LogP contribution in [-0.2, 0) is 20.8 Å². The molecule has 126 valence electrons. The smallest absolute Gasteiger partial charge is 0.264 e. The van der Waals surface area contributed by atoms with Gasteiger partial charge in [0.05, 0.1) is 5.71 Å². The van der Waals surface area contributed by atoms with Crippen LogP contribution in [0.15, 0.2) is 46.4 Å². The van der Waals surface area contributed by atoms with Crippen LogP contribution in [0.25, 0.3) is 0 Å². The molecule has 1 aliphatic rings. The topological polar surface area (TPSA) is 55.7 Å². The predicted octanol–water partition coefficient (Wildman–Crippen LogP) is 3.72. The molecule has 0 aliphatic heterocycles. The van der Waals surface area contributed by atoms with Gasteiger partial charge in [-0.2, -0.15) is 8.42 Å². The zero-order chi connectivity index (χ0) is 17.3. The maximum Gasteiger partial charge on any atom is 0.358 e. The molecule has 0 spiro atoms. The second-order valence-corrected chi connectivity index (χ2v) is 7.10. The molecule has 0 aromatic heterocycles. The van der Waals surface area contributed by atoms with Gasteiger partial charge >= 0.3 is 10.1 Å². The molecule has 2 aromatic carbocycles. The Morgan fingerprint density at radius 2 is 1.88 bits per heavy atom. The third-order valence-corrected chi connectivity index (χ3v) is 5.16. The lowest BCUT2D eigenvalue weighted by molar-refractivity contribution is 0.336. The largest absolute Gasteiger partial charge is 0.358 e. The van der Waals surface area contributed by atoms with Crippen molar-refractivity contribution in [2.45, 2.75) is 31.1 Å². The Morgan fingerprint density at radius 3 is 2.62 bits per heavy atom. The van der Waals surface area contributed by atoms with E-state index in [4.69, 9.17) is 4.28 Å². The van der Waals surface area contributed by atoms with Crippen molar-refractivity contribution in [1.29, 1.82) is 0 Å². The predicted molar refractivity (Wildman–Crippen MR) is 85.3 cm³/mol. The monoisotopic (exact) mass is 351 g/mol. The molecule has 0 saturated carbocycles. The first-order valence-electron chi connectivity index (χ1n) is 7.43. The van der Waals surface area contributed by atoms with Crippen LogP contribution in [0.5, 0.6) is 0 Å². The molecule has 0 heterocycles. The Bertz CT molecular complexity index is 923. The molecular weight excluding hydrogens is 336 g/mol. The number of rotatable bonds is 3. The van der Waals surface area contributed by atoms with Crippen LogP contribution in [0.3, 0.4) is 0 Å². The molecule has 1 aliphatic carbocycles. The molecule has 0 atom stereocenters. The highest BCUT2D eigenvalue weighted by Gasteiger charge is 2.24. The van der Waals surface area contributed by atoms with Gasteiger partial charge in [-0.15, -0.1) is 0 Å². The minimum atomic E-state index is -4.10. The summed E-state index contributed by atoms with van der Waals surface area (Å²) in [5.41, 5.74) is 1.29. The molecular formula is C17H15F2NO3S. The summed E-state index contributed by atoms with van der Waals surface area (Å²) in [4.78, 5) is 0.00459. The Hall–Kier alpha value is -2.28. The van der Waals surface area contributed by atoms with E-state index in [0.29, 0.717) is 30.4 Å². The van der Waals surface area contributed by atoms with E-state index in [1.54, 1.807) is 25.1 Å². The minimum Gasteiger partial charge on any atom is -0.264 e. The van der Waals surface area contributed by atoms with Crippen molar-refractivity contribution in [3.05, 3.63) is 64.7 Å². The third-order valence-electron chi connectivity index (χ3n) is 3.89. The first-order chi connectivity index (χ1) is 11.4. The zero-order valence-electron chi connectivity index (χ0n) is 12.9. The third kappa shape index (κ3) is 3.17. The van der Waals surface area contributed by atoms with E-state index in [1.165, 1.54) is 12.1 Å². The number of hydrogen-bond donors (Lipinski definition) is 0. The summed E-state index contributed by atoms with van der Waals surface area (Å²) in [6.45, 7) is 1.64. The highest BCUT2D eigenvalue weighted by molar-refractivity contribution is 7.86. The standard InChI is InChI=1S/C17H15F2NO3S/c1-11-5-2-3-8-16(11)24(21,22)23-20-15-7-4-6-12-9-13(18)10-14(19)17(12)15/h2-3,5,8-10H,4,6-7H2,1H3. The highest BCUT2D eigenvalue weighted by atomic mass is 32.2. The van der Waals surface area contributed by atoms with E-state index in [9.17, 15) is 17.2 Å². The van der Waals surface area contributed by atoms with Gasteiger partial charge in [-0.05, 0) is 49.4 Å². The van der Waals surface area contributed by atoms with Crippen LogP contribution in [0.2, 0.25) is 0 Å². The second-order valence-electron chi connectivity index (χ2n) is 5.61. The van der Waals surface area contributed by atoms with Crippen molar-refractivity contribution in [2.24, 2.45) is 5.16 Å². The van der Waals surface area contributed by atoms with E-state index < -0.39 is 21.8 Å². The van der Waals surface area contributed by atoms with Crippen molar-refractivity contribution in [3.8, 4) is 0 Å². The molecule has 0 bridgehead atoms. The van der Waals surface area contributed by atoms with Gasteiger partial charge in [0, 0.05) is 11.6 Å². The van der Waals surface area contributed by atoms with E-state index in [2.05, 4.69) is 5.16 Å². The summed E-state index contributed by atoms with van der Waals surface area (Å²) in [6, 6.07) is 8.34. The van der Waals surface area contributed by atoms with Crippen LogP contribution < -0.4 is 0 Å². The normalized spacial score (nSPS) is 16.0. The Balaban J connectivity index is 1.96. The van der Waals surface area contributed by atoms with Crippen molar-refractivity contribution in [3.63, 3.8) is 0 Å². The number of hydrogen-bond acceptors (Lipinski definition) is 4. The maximum absolute atomic E-state index is 14.1. The molecule has 0 N–H and O–H groups in total.